The van der Waals surface area contributed by atoms with Gasteiger partial charge in [-0.3, -0.25) is 9.78 Å². The van der Waals surface area contributed by atoms with E-state index in [0.29, 0.717) is 12.2 Å². The van der Waals surface area contributed by atoms with Crippen LogP contribution in [0.4, 0.5) is 5.69 Å². The number of hydrogen-bond acceptors (Lipinski definition) is 4. The summed E-state index contributed by atoms with van der Waals surface area (Å²) in [6, 6.07) is 9.74. The third kappa shape index (κ3) is 6.59. The first-order valence-corrected chi connectivity index (χ1v) is 9.73. The second-order valence-electron chi connectivity index (χ2n) is 6.92. The molecule has 1 heterocycles. The summed E-state index contributed by atoms with van der Waals surface area (Å²) in [6.07, 6.45) is 5.43. The molecule has 0 bridgehead atoms. The van der Waals surface area contributed by atoms with Crippen LogP contribution in [0.25, 0.3) is 0 Å². The van der Waals surface area contributed by atoms with E-state index in [9.17, 15) is 4.79 Å². The molecule has 0 saturated heterocycles. The largest absolute Gasteiger partial charge is 0.491 e. The third-order valence-electron chi connectivity index (χ3n) is 4.17. The number of carbonyl (C=O) groups excluding carboxylic acids is 1. The number of pyridine rings is 1. The van der Waals surface area contributed by atoms with Crippen LogP contribution in [0.2, 0.25) is 0 Å². The molecule has 2 rings (SSSR count). The van der Waals surface area contributed by atoms with Crippen molar-refractivity contribution in [3.05, 3.63) is 53.9 Å². The lowest BCUT2D eigenvalue weighted by Crippen LogP contribution is -2.32. The molecule has 5 nitrogen and oxygen atoms in total. The molecule has 0 fully saturated rings. The Morgan fingerprint density at radius 1 is 1.15 bits per heavy atom. The Morgan fingerprint density at radius 3 is 2.44 bits per heavy atom. The maximum absolute atomic E-state index is 12.9. The molecule has 1 unspecified atom stereocenters. The number of benzene rings is 1. The maximum Gasteiger partial charge on any atom is 0.253 e. The molecular formula is C22H31N3O2. The van der Waals surface area contributed by atoms with Gasteiger partial charge >= 0.3 is 0 Å². The smallest absolute Gasteiger partial charge is 0.253 e. The Bertz CT molecular complexity index is 713. The molecule has 0 aliphatic heterocycles. The van der Waals surface area contributed by atoms with Crippen molar-refractivity contribution in [2.75, 3.05) is 25.0 Å². The minimum absolute atomic E-state index is 0.0789. The summed E-state index contributed by atoms with van der Waals surface area (Å²) in [5.41, 5.74) is 2.73. The van der Waals surface area contributed by atoms with Crippen molar-refractivity contribution in [3.63, 3.8) is 0 Å². The maximum atomic E-state index is 12.9. The fourth-order valence-corrected chi connectivity index (χ4v) is 2.99. The summed E-state index contributed by atoms with van der Waals surface area (Å²) < 4.78 is 5.96. The number of nitrogens with one attached hydrogen (secondary N) is 1. The van der Waals surface area contributed by atoms with E-state index in [1.54, 1.807) is 12.4 Å². The third-order valence-corrected chi connectivity index (χ3v) is 4.17. The molecule has 146 valence electrons. The summed E-state index contributed by atoms with van der Waals surface area (Å²) in [5, 5.41) is 3.38. The molecule has 1 aromatic heterocycles. The van der Waals surface area contributed by atoms with Crippen LogP contribution in [0.5, 0.6) is 5.75 Å². The summed E-state index contributed by atoms with van der Waals surface area (Å²) >= 11 is 0. The van der Waals surface area contributed by atoms with Crippen molar-refractivity contribution in [2.24, 2.45) is 0 Å². The number of hydrogen-bond donors (Lipinski definition) is 1. The van der Waals surface area contributed by atoms with E-state index in [1.165, 1.54) is 0 Å². The summed E-state index contributed by atoms with van der Waals surface area (Å²) in [7, 11) is 0. The Morgan fingerprint density at radius 2 is 1.81 bits per heavy atom. The molecule has 27 heavy (non-hydrogen) atoms. The van der Waals surface area contributed by atoms with E-state index in [4.69, 9.17) is 4.74 Å². The lowest BCUT2D eigenvalue weighted by molar-refractivity contribution is 0.0755. The number of anilines is 1. The first-order valence-electron chi connectivity index (χ1n) is 9.73. The molecule has 0 saturated carbocycles. The molecule has 1 atom stereocenters. The lowest BCUT2D eigenvalue weighted by atomic mass is 10.1. The van der Waals surface area contributed by atoms with E-state index in [1.807, 2.05) is 42.2 Å². The van der Waals surface area contributed by atoms with Gasteiger partial charge in [-0.15, -0.1) is 0 Å². The van der Waals surface area contributed by atoms with Gasteiger partial charge in [0, 0.05) is 36.7 Å². The number of aromatic nitrogens is 1. The summed E-state index contributed by atoms with van der Waals surface area (Å²) in [5.74, 6) is 0.810. The Hall–Kier alpha value is -2.56. The van der Waals surface area contributed by atoms with Gasteiger partial charge in [0.15, 0.2) is 0 Å². The van der Waals surface area contributed by atoms with Crippen molar-refractivity contribution >= 4 is 11.6 Å². The molecule has 1 amide bonds. The fourth-order valence-electron chi connectivity index (χ4n) is 2.99. The van der Waals surface area contributed by atoms with E-state index < -0.39 is 0 Å². The van der Waals surface area contributed by atoms with E-state index >= 15 is 0 Å². The number of carbonyl (C=O) groups is 1. The number of amides is 1. The highest BCUT2D eigenvalue weighted by molar-refractivity contribution is 5.94. The normalized spacial score (nSPS) is 11.7. The van der Waals surface area contributed by atoms with Gasteiger partial charge < -0.3 is 15.0 Å². The zero-order valence-electron chi connectivity index (χ0n) is 16.9. The zero-order chi connectivity index (χ0) is 19.6. The molecule has 1 N–H and O–H groups in total. The Labute approximate surface area is 162 Å². The quantitative estimate of drug-likeness (QED) is 0.668. The highest BCUT2D eigenvalue weighted by Gasteiger charge is 2.16. The molecule has 0 aliphatic rings. The van der Waals surface area contributed by atoms with Gasteiger partial charge in [-0.1, -0.05) is 13.8 Å². The molecule has 2 aromatic rings. The molecule has 5 heteroatoms. The fraction of sp³-hybridized carbons (Fsp3) is 0.455. The van der Waals surface area contributed by atoms with Crippen LogP contribution >= 0.6 is 0 Å². The predicted octanol–water partition coefficient (Wildman–Crippen LogP) is 4.53. The van der Waals surface area contributed by atoms with Gasteiger partial charge in [0.25, 0.3) is 5.91 Å². The van der Waals surface area contributed by atoms with Gasteiger partial charge in [-0.2, -0.15) is 0 Å². The second kappa shape index (κ2) is 10.6. The van der Waals surface area contributed by atoms with Gasteiger partial charge in [0.05, 0.1) is 6.04 Å². The van der Waals surface area contributed by atoms with Crippen LogP contribution in [0.3, 0.4) is 0 Å². The van der Waals surface area contributed by atoms with Crippen molar-refractivity contribution in [3.8, 4) is 5.75 Å². The first kappa shape index (κ1) is 20.7. The van der Waals surface area contributed by atoms with Crippen LogP contribution in [-0.4, -0.2) is 41.5 Å². The summed E-state index contributed by atoms with van der Waals surface area (Å²) in [6.45, 7) is 10.3. The minimum Gasteiger partial charge on any atom is -0.491 e. The van der Waals surface area contributed by atoms with Crippen LogP contribution < -0.4 is 10.1 Å². The standard InChI is InChI=1S/C22H31N3O2/c1-5-11-25(12-6-2)22(26)19-13-17(3)14-21(15-19)27-16-18(4)24-20-7-9-23-10-8-20/h7-10,13-15,18H,5-6,11-12,16H2,1-4H3,(H,23,24). The molecule has 0 spiro atoms. The Balaban J connectivity index is 2.02. The number of rotatable bonds is 10. The summed E-state index contributed by atoms with van der Waals surface area (Å²) in [4.78, 5) is 18.8. The Kier molecular flexibility index (Phi) is 8.11. The number of ether oxygens (including phenoxy) is 1. The SMILES string of the molecule is CCCN(CCC)C(=O)c1cc(C)cc(OCC(C)Nc2ccncc2)c1. The van der Waals surface area contributed by atoms with Gasteiger partial charge in [-0.25, -0.2) is 0 Å². The number of nitrogens with zero attached hydrogens (tertiary/aromatic N) is 2. The van der Waals surface area contributed by atoms with Gasteiger partial charge in [-0.05, 0) is 62.6 Å². The topological polar surface area (TPSA) is 54.5 Å². The minimum atomic E-state index is 0.0789. The van der Waals surface area contributed by atoms with Gasteiger partial charge in [0.1, 0.15) is 12.4 Å². The highest BCUT2D eigenvalue weighted by Crippen LogP contribution is 2.19. The monoisotopic (exact) mass is 369 g/mol. The average Bonchev–Trinajstić information content (AvgIpc) is 2.66. The molecule has 1 aromatic carbocycles. The first-order chi connectivity index (χ1) is 13.0. The van der Waals surface area contributed by atoms with Crippen molar-refractivity contribution in [1.29, 1.82) is 0 Å². The highest BCUT2D eigenvalue weighted by atomic mass is 16.5. The average molecular weight is 370 g/mol. The van der Waals surface area contributed by atoms with Crippen LogP contribution in [-0.2, 0) is 0 Å². The van der Waals surface area contributed by atoms with Crippen molar-refractivity contribution in [1.82, 2.24) is 9.88 Å². The second-order valence-corrected chi connectivity index (χ2v) is 6.92. The van der Waals surface area contributed by atoms with Crippen LogP contribution in [0, 0.1) is 6.92 Å². The molecule has 0 aliphatic carbocycles. The van der Waals surface area contributed by atoms with E-state index in [-0.39, 0.29) is 11.9 Å². The molecular weight excluding hydrogens is 338 g/mol. The van der Waals surface area contributed by atoms with Crippen LogP contribution in [0.15, 0.2) is 42.7 Å². The predicted molar refractivity (Wildman–Crippen MR) is 110 cm³/mol. The lowest BCUT2D eigenvalue weighted by Gasteiger charge is -2.22. The van der Waals surface area contributed by atoms with Crippen molar-refractivity contribution in [2.45, 2.75) is 46.6 Å². The van der Waals surface area contributed by atoms with E-state index in [2.05, 4.69) is 31.1 Å². The zero-order valence-corrected chi connectivity index (χ0v) is 16.9. The van der Waals surface area contributed by atoms with Crippen molar-refractivity contribution < 1.29 is 9.53 Å². The van der Waals surface area contributed by atoms with Crippen LogP contribution in [0.1, 0.15) is 49.5 Å². The van der Waals surface area contributed by atoms with E-state index in [0.717, 1.165) is 42.9 Å². The number of aryl methyl sites for hydroxylation is 1. The molecule has 0 radical (unpaired) electrons. The van der Waals surface area contributed by atoms with Gasteiger partial charge in [0.2, 0.25) is 0 Å².